The maximum atomic E-state index is 11.9. The summed E-state index contributed by atoms with van der Waals surface area (Å²) in [6.07, 6.45) is 4.29. The normalized spacial score (nSPS) is 26.2. The van der Waals surface area contributed by atoms with Gasteiger partial charge in [0.25, 0.3) is 0 Å². The zero-order valence-electron chi connectivity index (χ0n) is 11.1. The maximum Gasteiger partial charge on any atom is 0.222 e. The Balaban J connectivity index is 2.30. The molecule has 1 fully saturated rings. The summed E-state index contributed by atoms with van der Waals surface area (Å²) in [7, 11) is 0. The number of likely N-dealkylation sites (tertiary alicyclic amines) is 1. The van der Waals surface area contributed by atoms with Crippen LogP contribution in [0.2, 0.25) is 0 Å². The van der Waals surface area contributed by atoms with Crippen molar-refractivity contribution in [3.63, 3.8) is 0 Å². The molecule has 1 amide bonds. The fraction of sp³-hybridized carbons (Fsp3) is 0.923. The Hall–Kier alpha value is -0.610. The predicted molar refractivity (Wildman–Crippen MR) is 68.5 cm³/mol. The van der Waals surface area contributed by atoms with E-state index in [4.69, 9.17) is 5.73 Å². The van der Waals surface area contributed by atoms with Crippen molar-refractivity contribution >= 4 is 5.91 Å². The minimum absolute atomic E-state index is 0.179. The van der Waals surface area contributed by atoms with Crippen molar-refractivity contribution in [3.8, 4) is 0 Å². The lowest BCUT2D eigenvalue weighted by Gasteiger charge is -2.20. The van der Waals surface area contributed by atoms with E-state index in [1.165, 1.54) is 0 Å². The molecule has 0 saturated carbocycles. The highest BCUT2D eigenvalue weighted by Gasteiger charge is 2.33. The second kappa shape index (κ2) is 6.36. The van der Waals surface area contributed by atoms with E-state index in [1.807, 2.05) is 0 Å². The van der Waals surface area contributed by atoms with Gasteiger partial charge in [0, 0.05) is 19.5 Å². The Morgan fingerprint density at radius 1 is 1.53 bits per heavy atom. The summed E-state index contributed by atoms with van der Waals surface area (Å²) in [6.45, 7) is 5.82. The first-order chi connectivity index (χ1) is 7.98. The highest BCUT2D eigenvalue weighted by molar-refractivity contribution is 5.76. The van der Waals surface area contributed by atoms with Crippen molar-refractivity contribution in [1.29, 1.82) is 0 Å². The molecular weight excluding hydrogens is 216 g/mol. The molecule has 1 aliphatic rings. The molecule has 0 spiro atoms. The van der Waals surface area contributed by atoms with Crippen molar-refractivity contribution in [2.45, 2.75) is 51.6 Å². The van der Waals surface area contributed by atoms with Gasteiger partial charge in [-0.2, -0.15) is 0 Å². The van der Waals surface area contributed by atoms with Gasteiger partial charge in [0.05, 0.1) is 5.60 Å². The highest BCUT2D eigenvalue weighted by atomic mass is 16.3. The second-order valence-corrected chi connectivity index (χ2v) is 5.45. The fourth-order valence-electron chi connectivity index (χ4n) is 2.43. The number of hydrogen-bond acceptors (Lipinski definition) is 3. The molecule has 4 heteroatoms. The molecule has 100 valence electrons. The van der Waals surface area contributed by atoms with Crippen LogP contribution in [0.4, 0.5) is 0 Å². The minimum atomic E-state index is -0.683. The van der Waals surface area contributed by atoms with Crippen LogP contribution >= 0.6 is 0 Å². The van der Waals surface area contributed by atoms with Crippen LogP contribution in [0.5, 0.6) is 0 Å². The van der Waals surface area contributed by atoms with E-state index in [2.05, 4.69) is 6.92 Å². The molecule has 0 aromatic rings. The van der Waals surface area contributed by atoms with Gasteiger partial charge in [-0.05, 0) is 38.6 Å². The number of rotatable bonds is 6. The maximum absolute atomic E-state index is 11.9. The number of hydrogen-bond donors (Lipinski definition) is 2. The first-order valence-corrected chi connectivity index (χ1v) is 6.68. The van der Waals surface area contributed by atoms with E-state index in [-0.39, 0.29) is 5.91 Å². The first kappa shape index (κ1) is 14.5. The molecule has 0 aromatic heterocycles. The van der Waals surface area contributed by atoms with Gasteiger partial charge in [-0.1, -0.05) is 13.3 Å². The Morgan fingerprint density at radius 3 is 2.71 bits per heavy atom. The molecule has 0 bridgehead atoms. The zero-order chi connectivity index (χ0) is 12.9. The van der Waals surface area contributed by atoms with E-state index in [9.17, 15) is 9.90 Å². The molecule has 0 aliphatic carbocycles. The summed E-state index contributed by atoms with van der Waals surface area (Å²) < 4.78 is 0. The molecule has 3 N–H and O–H groups in total. The summed E-state index contributed by atoms with van der Waals surface area (Å²) in [5.74, 6) is 0.741. The minimum Gasteiger partial charge on any atom is -0.388 e. The standard InChI is InChI=1S/C13H26N2O2/c1-3-11(6-8-14)4-5-12(16)15-9-7-13(2,17)10-15/h11,17H,3-10,14H2,1-2H3. The lowest BCUT2D eigenvalue weighted by molar-refractivity contribution is -0.131. The van der Waals surface area contributed by atoms with Crippen molar-refractivity contribution in [2.75, 3.05) is 19.6 Å². The lowest BCUT2D eigenvalue weighted by Crippen LogP contribution is -2.34. The van der Waals surface area contributed by atoms with Crippen molar-refractivity contribution in [3.05, 3.63) is 0 Å². The Morgan fingerprint density at radius 2 is 2.24 bits per heavy atom. The van der Waals surface area contributed by atoms with E-state index < -0.39 is 5.60 Å². The summed E-state index contributed by atoms with van der Waals surface area (Å²) in [4.78, 5) is 13.7. The molecule has 2 unspecified atom stereocenters. The summed E-state index contributed by atoms with van der Waals surface area (Å²) in [6, 6.07) is 0. The van der Waals surface area contributed by atoms with Gasteiger partial charge >= 0.3 is 0 Å². The largest absolute Gasteiger partial charge is 0.388 e. The van der Waals surface area contributed by atoms with E-state index >= 15 is 0 Å². The van der Waals surface area contributed by atoms with Gasteiger partial charge in [-0.25, -0.2) is 0 Å². The molecular formula is C13H26N2O2. The van der Waals surface area contributed by atoms with Crippen LogP contribution in [-0.2, 0) is 4.79 Å². The molecule has 1 aliphatic heterocycles. The Labute approximate surface area is 104 Å². The number of carbonyl (C=O) groups excluding carboxylic acids is 1. The van der Waals surface area contributed by atoms with Crippen LogP contribution in [0.3, 0.4) is 0 Å². The van der Waals surface area contributed by atoms with Crippen LogP contribution < -0.4 is 5.73 Å². The number of nitrogens with two attached hydrogens (primary N) is 1. The van der Waals surface area contributed by atoms with Crippen molar-refractivity contribution in [2.24, 2.45) is 11.7 Å². The quantitative estimate of drug-likeness (QED) is 0.733. The highest BCUT2D eigenvalue weighted by Crippen LogP contribution is 2.22. The molecule has 4 nitrogen and oxygen atoms in total. The number of carbonyl (C=O) groups is 1. The van der Waals surface area contributed by atoms with E-state index in [1.54, 1.807) is 11.8 Å². The van der Waals surface area contributed by atoms with Crippen LogP contribution in [0.1, 0.15) is 46.0 Å². The molecule has 2 atom stereocenters. The fourth-order valence-corrected chi connectivity index (χ4v) is 2.43. The topological polar surface area (TPSA) is 66.6 Å². The summed E-state index contributed by atoms with van der Waals surface area (Å²) in [5, 5.41) is 9.81. The van der Waals surface area contributed by atoms with Gasteiger partial charge in [0.1, 0.15) is 0 Å². The second-order valence-electron chi connectivity index (χ2n) is 5.45. The average Bonchev–Trinajstić information content (AvgIpc) is 2.64. The molecule has 1 heterocycles. The molecule has 0 radical (unpaired) electrons. The van der Waals surface area contributed by atoms with Crippen molar-refractivity contribution in [1.82, 2.24) is 4.90 Å². The molecule has 0 aromatic carbocycles. The van der Waals surface area contributed by atoms with Crippen LogP contribution in [-0.4, -0.2) is 41.1 Å². The third kappa shape index (κ3) is 4.64. The number of nitrogens with zero attached hydrogens (tertiary/aromatic N) is 1. The third-order valence-electron chi connectivity index (χ3n) is 3.72. The smallest absolute Gasteiger partial charge is 0.222 e. The number of aliphatic hydroxyl groups is 1. The Kier molecular flexibility index (Phi) is 5.40. The van der Waals surface area contributed by atoms with Gasteiger partial charge in [-0.15, -0.1) is 0 Å². The van der Waals surface area contributed by atoms with E-state index in [0.29, 0.717) is 38.4 Å². The predicted octanol–water partition coefficient (Wildman–Crippen LogP) is 1.12. The third-order valence-corrected chi connectivity index (χ3v) is 3.72. The SMILES string of the molecule is CCC(CCN)CCC(=O)N1CCC(C)(O)C1. The van der Waals surface area contributed by atoms with Crippen LogP contribution in [0.25, 0.3) is 0 Å². The van der Waals surface area contributed by atoms with Gasteiger partial charge < -0.3 is 15.7 Å². The monoisotopic (exact) mass is 242 g/mol. The summed E-state index contributed by atoms with van der Waals surface area (Å²) in [5.41, 5.74) is 4.86. The first-order valence-electron chi connectivity index (χ1n) is 6.68. The van der Waals surface area contributed by atoms with Gasteiger partial charge in [0.15, 0.2) is 0 Å². The number of β-amino-alcohol motifs (C(OH)–C–C–N with tert-alkyl or cyclic N) is 1. The van der Waals surface area contributed by atoms with Gasteiger partial charge in [0.2, 0.25) is 5.91 Å². The average molecular weight is 242 g/mol. The van der Waals surface area contributed by atoms with Crippen LogP contribution in [0, 0.1) is 5.92 Å². The van der Waals surface area contributed by atoms with Gasteiger partial charge in [-0.3, -0.25) is 4.79 Å². The number of amides is 1. The summed E-state index contributed by atoms with van der Waals surface area (Å²) >= 11 is 0. The molecule has 17 heavy (non-hydrogen) atoms. The molecule has 1 saturated heterocycles. The van der Waals surface area contributed by atoms with Crippen LogP contribution in [0.15, 0.2) is 0 Å². The molecule has 1 rings (SSSR count). The Bertz CT molecular complexity index is 254. The zero-order valence-corrected chi connectivity index (χ0v) is 11.1. The van der Waals surface area contributed by atoms with Crippen molar-refractivity contribution < 1.29 is 9.90 Å². The lowest BCUT2D eigenvalue weighted by atomic mass is 9.96. The van der Waals surface area contributed by atoms with E-state index in [0.717, 1.165) is 19.3 Å².